The Labute approximate surface area is 231 Å². The van der Waals surface area contributed by atoms with Crippen LogP contribution in [0.1, 0.15) is 80.9 Å². The zero-order valence-electron chi connectivity index (χ0n) is 22.1. The van der Waals surface area contributed by atoms with Gasteiger partial charge in [-0.2, -0.15) is 22.0 Å². The summed E-state index contributed by atoms with van der Waals surface area (Å²) in [6.07, 6.45) is -1.76. The number of benzene rings is 3. The van der Waals surface area contributed by atoms with Gasteiger partial charge in [-0.1, -0.05) is 38.5 Å². The van der Waals surface area contributed by atoms with E-state index in [-0.39, 0.29) is 11.3 Å². The fraction of sp³-hybridized carbons (Fsp3) is 0.419. The summed E-state index contributed by atoms with van der Waals surface area (Å²) in [5.41, 5.74) is -2.46. The van der Waals surface area contributed by atoms with Gasteiger partial charge in [0, 0.05) is 11.3 Å². The molecule has 0 spiro atoms. The van der Waals surface area contributed by atoms with Crippen LogP contribution >= 0.6 is 0 Å². The second-order valence-electron chi connectivity index (χ2n) is 10.4. The lowest BCUT2D eigenvalue weighted by Crippen LogP contribution is -2.25. The van der Waals surface area contributed by atoms with Crippen molar-refractivity contribution in [2.45, 2.75) is 76.5 Å². The van der Waals surface area contributed by atoms with E-state index in [0.717, 1.165) is 74.8 Å². The first-order valence-corrected chi connectivity index (χ1v) is 13.4. The maximum atomic E-state index is 15.0. The summed E-state index contributed by atoms with van der Waals surface area (Å²) in [4.78, 5) is 0. The summed E-state index contributed by atoms with van der Waals surface area (Å²) in [7, 11) is 0. The predicted molar refractivity (Wildman–Crippen MR) is 137 cm³/mol. The first-order chi connectivity index (χ1) is 19.3. The van der Waals surface area contributed by atoms with Crippen LogP contribution in [-0.2, 0) is 6.11 Å². The Morgan fingerprint density at radius 3 is 2.10 bits per heavy atom. The molecule has 1 saturated carbocycles. The number of alkyl halides is 5. The molecule has 220 valence electrons. The van der Waals surface area contributed by atoms with E-state index in [1.807, 2.05) is 0 Å². The highest BCUT2D eigenvalue weighted by Crippen LogP contribution is 2.41. The minimum atomic E-state index is -4.99. The van der Waals surface area contributed by atoms with Crippen molar-refractivity contribution in [3.05, 3.63) is 76.4 Å². The lowest BCUT2D eigenvalue weighted by molar-refractivity contribution is -0.189. The van der Waals surface area contributed by atoms with Crippen molar-refractivity contribution in [1.29, 1.82) is 0 Å². The summed E-state index contributed by atoms with van der Waals surface area (Å²) in [5.74, 6) is -4.00. The Hall–Kier alpha value is -3.35. The quantitative estimate of drug-likeness (QED) is 0.145. The summed E-state index contributed by atoms with van der Waals surface area (Å²) in [6.45, 7) is 2.13. The van der Waals surface area contributed by atoms with Crippen LogP contribution in [0.4, 0.5) is 39.5 Å². The molecule has 0 aromatic heterocycles. The van der Waals surface area contributed by atoms with E-state index in [9.17, 15) is 39.5 Å². The van der Waals surface area contributed by atoms with Gasteiger partial charge in [0.2, 0.25) is 0 Å². The molecule has 1 nitrogen and oxygen atoms in total. The first kappa shape index (κ1) is 30.6. The van der Waals surface area contributed by atoms with Crippen molar-refractivity contribution in [3.63, 3.8) is 0 Å². The summed E-state index contributed by atoms with van der Waals surface area (Å²) < 4.78 is 130. The molecule has 0 unspecified atom stereocenters. The SMILES string of the molecule is CCCCCC1CCC(c2cc(F)c(C(F)(F)Oc3ccc4c(F)c(C#CC(F)(F)F)c(F)cc4c3)c(F)c2)CC1. The van der Waals surface area contributed by atoms with Crippen LogP contribution in [0.3, 0.4) is 0 Å². The molecule has 0 aliphatic heterocycles. The number of hydrogen-bond donors (Lipinski definition) is 0. The molecule has 4 rings (SSSR count). The van der Waals surface area contributed by atoms with Crippen LogP contribution in [0.5, 0.6) is 5.75 Å². The van der Waals surface area contributed by atoms with Gasteiger partial charge in [-0.05, 0) is 84.9 Å². The van der Waals surface area contributed by atoms with Gasteiger partial charge < -0.3 is 4.74 Å². The zero-order valence-corrected chi connectivity index (χ0v) is 22.1. The maximum absolute atomic E-state index is 15.0. The molecule has 0 N–H and O–H groups in total. The molecule has 41 heavy (non-hydrogen) atoms. The summed E-state index contributed by atoms with van der Waals surface area (Å²) >= 11 is 0. The molecule has 0 heterocycles. The molecular weight excluding hydrogens is 559 g/mol. The predicted octanol–water partition coefficient (Wildman–Crippen LogP) is 10.3. The molecule has 0 radical (unpaired) electrons. The van der Waals surface area contributed by atoms with Crippen LogP contribution in [0.25, 0.3) is 10.8 Å². The number of halogens is 9. The highest BCUT2D eigenvalue weighted by Gasteiger charge is 2.41. The average Bonchev–Trinajstić information content (AvgIpc) is 2.87. The molecule has 0 saturated heterocycles. The van der Waals surface area contributed by atoms with Gasteiger partial charge in [0.05, 0.1) is 5.56 Å². The lowest BCUT2D eigenvalue weighted by Gasteiger charge is -2.29. The van der Waals surface area contributed by atoms with Gasteiger partial charge in [0.1, 0.15) is 34.6 Å². The average molecular weight is 587 g/mol. The largest absolute Gasteiger partial charge is 0.458 e. The van der Waals surface area contributed by atoms with E-state index in [0.29, 0.717) is 30.4 Å². The number of fused-ring (bicyclic) bond motifs is 1. The number of ether oxygens (including phenoxy) is 1. The van der Waals surface area contributed by atoms with Crippen LogP contribution in [-0.4, -0.2) is 6.18 Å². The molecule has 0 atom stereocenters. The van der Waals surface area contributed by atoms with Crippen LogP contribution in [0.15, 0.2) is 36.4 Å². The summed E-state index contributed by atoms with van der Waals surface area (Å²) in [6, 6.07) is 4.85. The van der Waals surface area contributed by atoms with E-state index < -0.39 is 57.8 Å². The lowest BCUT2D eigenvalue weighted by atomic mass is 9.77. The van der Waals surface area contributed by atoms with E-state index in [1.165, 1.54) is 5.92 Å². The van der Waals surface area contributed by atoms with Crippen molar-refractivity contribution >= 4 is 10.8 Å². The van der Waals surface area contributed by atoms with Crippen molar-refractivity contribution in [2.24, 2.45) is 5.92 Å². The molecule has 0 bridgehead atoms. The highest BCUT2D eigenvalue weighted by molar-refractivity contribution is 5.86. The van der Waals surface area contributed by atoms with Gasteiger partial charge in [-0.3, -0.25) is 0 Å². The van der Waals surface area contributed by atoms with Gasteiger partial charge in [0.15, 0.2) is 0 Å². The molecular formula is C31H27F9O. The van der Waals surface area contributed by atoms with E-state index in [2.05, 4.69) is 11.7 Å². The molecule has 3 aromatic carbocycles. The Balaban J connectivity index is 1.53. The topological polar surface area (TPSA) is 9.23 Å². The van der Waals surface area contributed by atoms with Crippen molar-refractivity contribution in [1.82, 2.24) is 0 Å². The Morgan fingerprint density at radius 2 is 1.49 bits per heavy atom. The number of rotatable bonds is 8. The Morgan fingerprint density at radius 1 is 0.829 bits per heavy atom. The number of unbranched alkanes of at least 4 members (excludes halogenated alkanes) is 2. The second kappa shape index (κ2) is 12.3. The highest BCUT2D eigenvalue weighted by atomic mass is 19.4. The van der Waals surface area contributed by atoms with Gasteiger partial charge in [0.25, 0.3) is 0 Å². The number of hydrogen-bond acceptors (Lipinski definition) is 1. The second-order valence-corrected chi connectivity index (χ2v) is 10.4. The Bertz CT molecular complexity index is 1440. The van der Waals surface area contributed by atoms with Gasteiger partial charge >= 0.3 is 12.3 Å². The Kier molecular flexibility index (Phi) is 9.15. The fourth-order valence-corrected chi connectivity index (χ4v) is 5.39. The van der Waals surface area contributed by atoms with Crippen LogP contribution in [0, 0.1) is 41.0 Å². The monoisotopic (exact) mass is 586 g/mol. The third kappa shape index (κ3) is 7.30. The van der Waals surface area contributed by atoms with Crippen LogP contribution in [0.2, 0.25) is 0 Å². The van der Waals surface area contributed by atoms with E-state index >= 15 is 0 Å². The van der Waals surface area contributed by atoms with Gasteiger partial charge in [-0.25, -0.2) is 17.6 Å². The fourth-order valence-electron chi connectivity index (χ4n) is 5.39. The van der Waals surface area contributed by atoms with Crippen molar-refractivity contribution in [3.8, 4) is 17.6 Å². The van der Waals surface area contributed by atoms with Crippen molar-refractivity contribution in [2.75, 3.05) is 0 Å². The first-order valence-electron chi connectivity index (χ1n) is 13.4. The third-order valence-corrected chi connectivity index (χ3v) is 7.46. The third-order valence-electron chi connectivity index (χ3n) is 7.46. The van der Waals surface area contributed by atoms with Crippen molar-refractivity contribution < 1.29 is 44.3 Å². The zero-order chi connectivity index (χ0) is 29.9. The summed E-state index contributed by atoms with van der Waals surface area (Å²) in [5, 5.41) is -0.761. The minimum Gasteiger partial charge on any atom is -0.429 e. The normalized spacial score (nSPS) is 17.8. The van der Waals surface area contributed by atoms with Gasteiger partial charge in [-0.15, -0.1) is 0 Å². The van der Waals surface area contributed by atoms with Crippen LogP contribution < -0.4 is 4.74 Å². The maximum Gasteiger partial charge on any atom is 0.458 e. The smallest absolute Gasteiger partial charge is 0.429 e. The molecule has 1 aliphatic rings. The molecule has 0 amide bonds. The molecule has 3 aromatic rings. The van der Waals surface area contributed by atoms with E-state index in [1.54, 1.807) is 0 Å². The van der Waals surface area contributed by atoms with E-state index in [4.69, 9.17) is 0 Å². The molecule has 10 heteroatoms. The molecule has 1 fully saturated rings. The molecule has 1 aliphatic carbocycles. The minimum absolute atomic E-state index is 0.152. The standard InChI is InChI=1S/C31H27F9O/c1-2-3-4-5-18-6-8-19(9-7-18)20-15-26(33)28(27(34)16-20)31(39,40)41-22-10-11-23-21(14-22)17-25(32)24(29(23)35)12-13-30(36,37)38/h10-11,14-19H,2-9H2,1H3.